The van der Waals surface area contributed by atoms with Crippen molar-refractivity contribution >= 4 is 5.76 Å². The molecule has 0 saturated heterocycles. The quantitative estimate of drug-likeness (QED) is 0.286. The number of hydrogen-bond donors (Lipinski definition) is 1. The molecule has 4 fully saturated rings. The van der Waals surface area contributed by atoms with Crippen LogP contribution in [0.3, 0.4) is 0 Å². The summed E-state index contributed by atoms with van der Waals surface area (Å²) in [6.07, 6.45) is 8.63. The van der Waals surface area contributed by atoms with E-state index in [4.69, 9.17) is 0 Å². The molecule has 5 heteroatoms. The van der Waals surface area contributed by atoms with Crippen LogP contribution in [-0.4, -0.2) is 10.1 Å². The minimum Gasteiger partial charge on any atom is -0.661 e. The number of aliphatic hydroxyl groups excluding tert-OH is 1. The Kier molecular flexibility index (Phi) is 25.9. The molecular weight excluding hydrogens is 834 g/mol. The molecule has 4 aliphatic carbocycles. The van der Waals surface area contributed by atoms with E-state index in [1.54, 1.807) is 36.7 Å². The van der Waals surface area contributed by atoms with Gasteiger partial charge in [0.2, 0.25) is 0 Å². The molecule has 293 valence electrons. The van der Waals surface area contributed by atoms with E-state index < -0.39 is 0 Å². The smallest absolute Gasteiger partial charge is 0.661 e. The Morgan fingerprint density at radius 2 is 0.661 bits per heavy atom. The Labute approximate surface area is 399 Å². The van der Waals surface area contributed by atoms with Crippen molar-refractivity contribution in [1.82, 2.24) is 4.98 Å². The molecule has 1 N–H and O–H groups in total. The average Bonchev–Trinajstić information content (AvgIpc) is 3.63. The molecule has 3 nitrogen and oxygen atoms in total. The third-order valence-corrected chi connectivity index (χ3v) is 13.1. The first-order valence-corrected chi connectivity index (χ1v) is 19.3. The Morgan fingerprint density at radius 3 is 0.839 bits per heavy atom. The summed E-state index contributed by atoms with van der Waals surface area (Å²) < 4.78 is 0. The standard InChI is InChI=1S/C11H9N2O.4C10H15.2Y/c14-11(9-5-1-3-7-12-9)10-6-2-4-8-13-10;4*1-6-7(2)9(4)10(5)8(6)3;;/h1-8H,(H-,12,13,14);4*1-5H3;;/q-1;;;;;;+3. The number of allylic oxidation sites excluding steroid dienone is 3. The summed E-state index contributed by atoms with van der Waals surface area (Å²) >= 11 is 0. The monoisotopic (exact) mass is 903 g/mol. The van der Waals surface area contributed by atoms with Gasteiger partial charge in [0.05, 0.1) is 0 Å². The van der Waals surface area contributed by atoms with Gasteiger partial charge in [-0.1, -0.05) is 168 Å². The summed E-state index contributed by atoms with van der Waals surface area (Å²) in [6.45, 7) is 44.0. The molecule has 1 aromatic rings. The third kappa shape index (κ3) is 14.1. The van der Waals surface area contributed by atoms with E-state index >= 15 is 0 Å². The summed E-state index contributed by atoms with van der Waals surface area (Å²) in [6, 6.07) is 5.36. The van der Waals surface area contributed by atoms with Crippen molar-refractivity contribution in [2.75, 3.05) is 0 Å². The van der Waals surface area contributed by atoms with Crippen molar-refractivity contribution in [3.63, 3.8) is 0 Å². The zero-order valence-electron chi connectivity index (χ0n) is 38.6. The Bertz CT molecular complexity index is 1030. The number of rotatable bonds is 1. The van der Waals surface area contributed by atoms with E-state index in [9.17, 15) is 5.11 Å². The van der Waals surface area contributed by atoms with Gasteiger partial charge in [-0.25, -0.2) is 0 Å². The van der Waals surface area contributed by atoms with Gasteiger partial charge in [0.15, 0.2) is 0 Å². The van der Waals surface area contributed by atoms with Gasteiger partial charge in [0.1, 0.15) is 11.5 Å². The molecule has 0 bridgehead atoms. The molecule has 56 heavy (non-hydrogen) atoms. The summed E-state index contributed by atoms with van der Waals surface area (Å²) in [4.78, 5) is 4.03. The second-order valence-corrected chi connectivity index (χ2v) is 15.3. The molecule has 1 aliphatic heterocycles. The van der Waals surface area contributed by atoms with E-state index in [0.717, 1.165) is 0 Å². The summed E-state index contributed by atoms with van der Waals surface area (Å²) in [7, 11) is 0. The van der Waals surface area contributed by atoms with Crippen molar-refractivity contribution in [3.05, 3.63) is 184 Å². The molecule has 4 saturated carbocycles. The minimum absolute atomic E-state index is 0. The van der Waals surface area contributed by atoms with Gasteiger partial charge in [-0.05, 0) is 130 Å². The van der Waals surface area contributed by atoms with Crippen molar-refractivity contribution in [2.24, 2.45) is 0 Å². The second kappa shape index (κ2) is 25.8. The van der Waals surface area contributed by atoms with Crippen LogP contribution in [0.15, 0.2) is 54.5 Å². The fourth-order valence-corrected chi connectivity index (χ4v) is 6.76. The predicted octanol–water partition coefficient (Wildman–Crippen LogP) is 14.6. The van der Waals surface area contributed by atoms with Gasteiger partial charge >= 0.3 is 32.7 Å². The zero-order valence-corrected chi connectivity index (χ0v) is 44.3. The Balaban J connectivity index is 0.000000675. The van der Waals surface area contributed by atoms with Crippen LogP contribution in [0, 0.1) is 118 Å². The SMILES string of the molecule is C[C]1[C](C)[C](C)[C](C)[C]1C.C[C]1[C](C)[C](C)[C](C)[C]1C.C[C]1[C](C)[C](C)[C](C)[C]1C.C[C]1[C](C)[C](C)[C](C)[C]1C.O/C(=C1/C=CC=C[N-]1)c1ccccn1.[Y+3].[Y]. The maximum atomic E-state index is 9.78. The number of aliphatic hydroxyl groups is 1. The van der Waals surface area contributed by atoms with Crippen LogP contribution in [0.25, 0.3) is 11.1 Å². The molecule has 6 rings (SSSR count). The van der Waals surface area contributed by atoms with E-state index in [1.807, 2.05) is 12.1 Å². The van der Waals surface area contributed by atoms with Crippen LogP contribution in [0.2, 0.25) is 0 Å². The van der Waals surface area contributed by atoms with Crippen LogP contribution in [-0.2, 0) is 65.4 Å². The first-order chi connectivity index (χ1) is 25.1. The van der Waals surface area contributed by atoms with Gasteiger partial charge in [-0.3, -0.25) is 4.98 Å². The third-order valence-electron chi connectivity index (χ3n) is 13.1. The largest absolute Gasteiger partial charge is 3.00 e. The maximum absolute atomic E-state index is 9.78. The van der Waals surface area contributed by atoms with Crippen LogP contribution < -0.4 is 0 Å². The zero-order chi connectivity index (χ0) is 41.4. The predicted molar refractivity (Wildman–Crippen MR) is 234 cm³/mol. The van der Waals surface area contributed by atoms with E-state index in [2.05, 4.69) is 149 Å². The van der Waals surface area contributed by atoms with Crippen molar-refractivity contribution < 1.29 is 70.5 Å². The molecule has 0 atom stereocenters. The van der Waals surface area contributed by atoms with Gasteiger partial charge in [0, 0.05) is 38.9 Å². The number of pyridine rings is 1. The normalized spacial score (nSPS) is 24.8. The van der Waals surface area contributed by atoms with Gasteiger partial charge in [-0.15, -0.1) is 0 Å². The molecule has 0 spiro atoms. The van der Waals surface area contributed by atoms with Crippen molar-refractivity contribution in [1.29, 1.82) is 0 Å². The molecule has 0 aromatic carbocycles. The number of aromatic nitrogens is 1. The molecule has 0 amide bonds. The fraction of sp³-hybridized carbons (Fsp3) is 0.392. The van der Waals surface area contributed by atoms with E-state index in [0.29, 0.717) is 11.4 Å². The first kappa shape index (κ1) is 56.2. The molecule has 21 radical (unpaired) electrons. The van der Waals surface area contributed by atoms with Gasteiger partial charge in [0.25, 0.3) is 0 Å². The fourth-order valence-electron chi connectivity index (χ4n) is 6.76. The van der Waals surface area contributed by atoms with Crippen molar-refractivity contribution in [3.8, 4) is 0 Å². The maximum Gasteiger partial charge on any atom is 3.00 e. The second-order valence-electron chi connectivity index (χ2n) is 15.3. The van der Waals surface area contributed by atoms with E-state index in [-0.39, 0.29) is 71.2 Å². The Morgan fingerprint density at radius 1 is 0.411 bits per heavy atom. The number of hydrogen-bond acceptors (Lipinski definition) is 2. The minimum atomic E-state index is 0. The summed E-state index contributed by atoms with van der Waals surface area (Å²) in [5.41, 5.74) is 1.07. The molecule has 0 unspecified atom stereocenters. The van der Waals surface area contributed by atoms with E-state index in [1.165, 1.54) is 118 Å². The van der Waals surface area contributed by atoms with Crippen LogP contribution in [0.5, 0.6) is 0 Å². The van der Waals surface area contributed by atoms with Gasteiger partial charge in [-0.2, -0.15) is 6.20 Å². The summed E-state index contributed by atoms with van der Waals surface area (Å²) in [5.74, 6) is 29.5. The van der Waals surface area contributed by atoms with Crippen LogP contribution >= 0.6 is 0 Å². The average molecular weight is 904 g/mol. The molecule has 1 aromatic heterocycles. The Hall–Kier alpha value is 0.178. The molecule has 2 heterocycles. The molecular formula is C51H69N2OY2+2. The van der Waals surface area contributed by atoms with Crippen LogP contribution in [0.1, 0.15) is 144 Å². The topological polar surface area (TPSA) is 47.2 Å². The summed E-state index contributed by atoms with van der Waals surface area (Å²) in [5, 5.41) is 13.8. The molecule has 5 aliphatic rings. The van der Waals surface area contributed by atoms with Crippen LogP contribution in [0.4, 0.5) is 0 Å². The first-order valence-electron chi connectivity index (χ1n) is 19.3. The number of nitrogens with zero attached hydrogens (tertiary/aromatic N) is 2. The van der Waals surface area contributed by atoms with Crippen molar-refractivity contribution in [2.45, 2.75) is 138 Å². The van der Waals surface area contributed by atoms with Gasteiger partial charge < -0.3 is 10.4 Å².